The summed E-state index contributed by atoms with van der Waals surface area (Å²) in [4.78, 5) is 24.6. The van der Waals surface area contributed by atoms with Gasteiger partial charge in [0.2, 0.25) is 5.91 Å². The maximum atomic E-state index is 11.5. The van der Waals surface area contributed by atoms with Gasteiger partial charge < -0.3 is 10.8 Å². The standard InChI is InChI=1S/C14H18N2O3/c1-2-11(13(15)17)16-8-10-6-4-3-5-9(10)7-12(16)14(18)19/h3-6,11-12H,2,7-8H2,1H3,(H2,15,17)(H,18,19)/t11?,12-/m0/s1. The molecule has 1 heterocycles. The van der Waals surface area contributed by atoms with Gasteiger partial charge in [0.05, 0.1) is 6.04 Å². The number of aliphatic carboxylic acids is 1. The van der Waals surface area contributed by atoms with Crippen LogP contribution >= 0.6 is 0 Å². The number of amides is 1. The Morgan fingerprint density at radius 2 is 2.05 bits per heavy atom. The molecule has 1 aromatic carbocycles. The molecule has 0 fully saturated rings. The number of carbonyl (C=O) groups excluding carboxylic acids is 1. The number of nitrogens with zero attached hydrogens (tertiary/aromatic N) is 1. The molecule has 2 rings (SSSR count). The predicted molar refractivity (Wildman–Crippen MR) is 70.4 cm³/mol. The summed E-state index contributed by atoms with van der Waals surface area (Å²) >= 11 is 0. The summed E-state index contributed by atoms with van der Waals surface area (Å²) in [6, 6.07) is 6.51. The maximum absolute atomic E-state index is 11.5. The fourth-order valence-corrected chi connectivity index (χ4v) is 2.70. The SMILES string of the molecule is CCC(C(N)=O)N1Cc2ccccc2C[C@H]1C(=O)O. The van der Waals surface area contributed by atoms with Gasteiger partial charge in [-0.3, -0.25) is 14.5 Å². The van der Waals surface area contributed by atoms with Gasteiger partial charge in [0.1, 0.15) is 6.04 Å². The topological polar surface area (TPSA) is 83.6 Å². The number of hydrogen-bond donors (Lipinski definition) is 2. The molecule has 1 unspecified atom stereocenters. The minimum Gasteiger partial charge on any atom is -0.480 e. The minimum atomic E-state index is -0.908. The van der Waals surface area contributed by atoms with Gasteiger partial charge in [-0.15, -0.1) is 0 Å². The third-order valence-electron chi connectivity index (χ3n) is 3.69. The van der Waals surface area contributed by atoms with Gasteiger partial charge in [-0.1, -0.05) is 31.2 Å². The van der Waals surface area contributed by atoms with E-state index in [1.165, 1.54) is 0 Å². The van der Waals surface area contributed by atoms with Crippen LogP contribution in [0.3, 0.4) is 0 Å². The number of hydrogen-bond acceptors (Lipinski definition) is 3. The number of rotatable bonds is 4. The molecule has 5 nitrogen and oxygen atoms in total. The highest BCUT2D eigenvalue weighted by molar-refractivity contribution is 5.82. The molecule has 0 saturated heterocycles. The average Bonchev–Trinajstić information content (AvgIpc) is 2.38. The van der Waals surface area contributed by atoms with Crippen molar-refractivity contribution in [3.8, 4) is 0 Å². The van der Waals surface area contributed by atoms with Crippen LogP contribution in [0.1, 0.15) is 24.5 Å². The van der Waals surface area contributed by atoms with Crippen molar-refractivity contribution in [3.05, 3.63) is 35.4 Å². The number of carboxylic acid groups (broad SMARTS) is 1. The maximum Gasteiger partial charge on any atom is 0.321 e. The Balaban J connectivity index is 2.36. The van der Waals surface area contributed by atoms with Crippen molar-refractivity contribution in [2.45, 2.75) is 38.4 Å². The van der Waals surface area contributed by atoms with Crippen molar-refractivity contribution in [2.24, 2.45) is 5.73 Å². The molecule has 1 aromatic rings. The summed E-state index contributed by atoms with van der Waals surface area (Å²) in [6.45, 7) is 2.30. The summed E-state index contributed by atoms with van der Waals surface area (Å²) in [5.41, 5.74) is 7.49. The van der Waals surface area contributed by atoms with Crippen molar-refractivity contribution in [2.75, 3.05) is 0 Å². The van der Waals surface area contributed by atoms with Gasteiger partial charge in [0, 0.05) is 6.54 Å². The van der Waals surface area contributed by atoms with Gasteiger partial charge in [-0.2, -0.15) is 0 Å². The molecule has 1 aliphatic rings. The van der Waals surface area contributed by atoms with Crippen LogP contribution in [-0.2, 0) is 22.6 Å². The molecule has 0 radical (unpaired) electrons. The zero-order valence-electron chi connectivity index (χ0n) is 10.9. The van der Waals surface area contributed by atoms with Crippen molar-refractivity contribution in [3.63, 3.8) is 0 Å². The van der Waals surface area contributed by atoms with Gasteiger partial charge in [0.25, 0.3) is 0 Å². The van der Waals surface area contributed by atoms with E-state index in [4.69, 9.17) is 5.73 Å². The molecule has 3 N–H and O–H groups in total. The Morgan fingerprint density at radius 3 is 2.58 bits per heavy atom. The Kier molecular flexibility index (Phi) is 3.85. The lowest BCUT2D eigenvalue weighted by atomic mass is 9.92. The van der Waals surface area contributed by atoms with Crippen LogP contribution < -0.4 is 5.73 Å². The van der Waals surface area contributed by atoms with E-state index in [-0.39, 0.29) is 0 Å². The van der Waals surface area contributed by atoms with Crippen LogP contribution in [0.2, 0.25) is 0 Å². The zero-order chi connectivity index (χ0) is 14.0. The summed E-state index contributed by atoms with van der Waals surface area (Å²) in [5, 5.41) is 9.37. The number of carbonyl (C=O) groups is 2. The van der Waals surface area contributed by atoms with Gasteiger partial charge in [0.15, 0.2) is 0 Å². The smallest absolute Gasteiger partial charge is 0.321 e. The van der Waals surface area contributed by atoms with E-state index < -0.39 is 24.0 Å². The fourth-order valence-electron chi connectivity index (χ4n) is 2.70. The molecular weight excluding hydrogens is 244 g/mol. The van der Waals surface area contributed by atoms with E-state index in [0.717, 1.165) is 11.1 Å². The number of fused-ring (bicyclic) bond motifs is 1. The van der Waals surface area contributed by atoms with E-state index in [2.05, 4.69) is 0 Å². The van der Waals surface area contributed by atoms with Gasteiger partial charge >= 0.3 is 5.97 Å². The highest BCUT2D eigenvalue weighted by Gasteiger charge is 2.37. The molecule has 1 amide bonds. The fraction of sp³-hybridized carbons (Fsp3) is 0.429. The monoisotopic (exact) mass is 262 g/mol. The Bertz CT molecular complexity index is 501. The van der Waals surface area contributed by atoms with E-state index in [9.17, 15) is 14.7 Å². The predicted octanol–water partition coefficient (Wildman–Crippen LogP) is 0.762. The first-order valence-corrected chi connectivity index (χ1v) is 6.39. The third-order valence-corrected chi connectivity index (χ3v) is 3.69. The van der Waals surface area contributed by atoms with E-state index in [1.807, 2.05) is 31.2 Å². The molecule has 19 heavy (non-hydrogen) atoms. The van der Waals surface area contributed by atoms with E-state index in [1.54, 1.807) is 4.90 Å². The van der Waals surface area contributed by atoms with E-state index >= 15 is 0 Å². The first kappa shape index (κ1) is 13.5. The van der Waals surface area contributed by atoms with E-state index in [0.29, 0.717) is 19.4 Å². The number of primary amides is 1. The first-order valence-electron chi connectivity index (χ1n) is 6.39. The van der Waals surface area contributed by atoms with Crippen LogP contribution in [0.4, 0.5) is 0 Å². The molecule has 2 atom stereocenters. The highest BCUT2D eigenvalue weighted by atomic mass is 16.4. The summed E-state index contributed by atoms with van der Waals surface area (Å²) in [6.07, 6.45) is 0.927. The Labute approximate surface area is 112 Å². The highest BCUT2D eigenvalue weighted by Crippen LogP contribution is 2.26. The summed E-state index contributed by atoms with van der Waals surface area (Å²) in [7, 11) is 0. The first-order chi connectivity index (χ1) is 9.04. The lowest BCUT2D eigenvalue weighted by Crippen LogP contribution is -2.54. The van der Waals surface area contributed by atoms with Crippen molar-refractivity contribution >= 4 is 11.9 Å². The lowest BCUT2D eigenvalue weighted by Gasteiger charge is -2.38. The van der Waals surface area contributed by atoms with Crippen molar-refractivity contribution < 1.29 is 14.7 Å². The molecule has 5 heteroatoms. The molecular formula is C14H18N2O3. The van der Waals surface area contributed by atoms with Crippen LogP contribution in [-0.4, -0.2) is 34.0 Å². The number of nitrogens with two attached hydrogens (primary N) is 1. The molecule has 0 aliphatic carbocycles. The molecule has 0 bridgehead atoms. The van der Waals surface area contributed by atoms with Gasteiger partial charge in [-0.05, 0) is 24.0 Å². The third kappa shape index (κ3) is 2.61. The summed E-state index contributed by atoms with van der Waals surface area (Å²) < 4.78 is 0. The Hall–Kier alpha value is -1.88. The van der Waals surface area contributed by atoms with Crippen LogP contribution in [0.25, 0.3) is 0 Å². The largest absolute Gasteiger partial charge is 0.480 e. The second kappa shape index (κ2) is 5.40. The van der Waals surface area contributed by atoms with Crippen molar-refractivity contribution in [1.29, 1.82) is 0 Å². The summed E-state index contributed by atoms with van der Waals surface area (Å²) in [5.74, 6) is -1.37. The normalized spacial score (nSPS) is 20.6. The molecule has 102 valence electrons. The van der Waals surface area contributed by atoms with Crippen LogP contribution in [0, 0.1) is 0 Å². The van der Waals surface area contributed by atoms with Gasteiger partial charge in [-0.25, -0.2) is 0 Å². The second-order valence-corrected chi connectivity index (χ2v) is 4.83. The molecule has 0 spiro atoms. The second-order valence-electron chi connectivity index (χ2n) is 4.83. The lowest BCUT2D eigenvalue weighted by molar-refractivity contribution is -0.146. The zero-order valence-corrected chi connectivity index (χ0v) is 10.9. The average molecular weight is 262 g/mol. The quantitative estimate of drug-likeness (QED) is 0.839. The van der Waals surface area contributed by atoms with Crippen molar-refractivity contribution in [1.82, 2.24) is 4.90 Å². The molecule has 0 aromatic heterocycles. The van der Waals surface area contributed by atoms with Crippen LogP contribution in [0.15, 0.2) is 24.3 Å². The number of carboxylic acids is 1. The Morgan fingerprint density at radius 1 is 1.42 bits per heavy atom. The molecule has 0 saturated carbocycles. The van der Waals surface area contributed by atoms with Crippen LogP contribution in [0.5, 0.6) is 0 Å². The number of benzene rings is 1. The molecule has 1 aliphatic heterocycles. The minimum absolute atomic E-state index is 0.412.